The van der Waals surface area contributed by atoms with Crippen LogP contribution in [0, 0.1) is 0 Å². The SMILES string of the molecule is [B]Cc1csc2ccccc12. The number of hydrogen-bond donors (Lipinski definition) is 0. The molecule has 1 aromatic heterocycles. The summed E-state index contributed by atoms with van der Waals surface area (Å²) in [6.45, 7) is 0. The van der Waals surface area contributed by atoms with Gasteiger partial charge in [-0.3, -0.25) is 0 Å². The third kappa shape index (κ3) is 1.08. The summed E-state index contributed by atoms with van der Waals surface area (Å²) in [4.78, 5) is 0. The molecule has 11 heavy (non-hydrogen) atoms. The van der Waals surface area contributed by atoms with Crippen LogP contribution < -0.4 is 0 Å². The van der Waals surface area contributed by atoms with E-state index in [0.29, 0.717) is 6.32 Å². The smallest absolute Gasteiger partial charge is 0.0717 e. The van der Waals surface area contributed by atoms with Crippen LogP contribution in [0.2, 0.25) is 0 Å². The van der Waals surface area contributed by atoms with E-state index in [-0.39, 0.29) is 0 Å². The van der Waals surface area contributed by atoms with Crippen LogP contribution in [0.3, 0.4) is 0 Å². The van der Waals surface area contributed by atoms with Gasteiger partial charge >= 0.3 is 0 Å². The monoisotopic (exact) mass is 158 g/mol. The molecule has 52 valence electrons. The molecule has 0 aliphatic heterocycles. The summed E-state index contributed by atoms with van der Waals surface area (Å²) in [5, 5.41) is 3.44. The quantitative estimate of drug-likeness (QED) is 0.559. The topological polar surface area (TPSA) is 0 Å². The largest absolute Gasteiger partial charge is 0.144 e. The number of rotatable bonds is 1. The Morgan fingerprint density at radius 3 is 2.91 bits per heavy atom. The van der Waals surface area contributed by atoms with E-state index >= 15 is 0 Å². The molecule has 0 unspecified atom stereocenters. The molecule has 0 saturated heterocycles. The molecule has 0 nitrogen and oxygen atoms in total. The van der Waals surface area contributed by atoms with Crippen LogP contribution in [-0.4, -0.2) is 7.85 Å². The summed E-state index contributed by atoms with van der Waals surface area (Å²) >= 11 is 1.76. The average Bonchev–Trinajstić information content (AvgIpc) is 2.47. The van der Waals surface area contributed by atoms with Crippen LogP contribution in [-0.2, 0) is 6.32 Å². The molecule has 2 radical (unpaired) electrons. The van der Waals surface area contributed by atoms with Gasteiger partial charge in [0.15, 0.2) is 0 Å². The van der Waals surface area contributed by atoms with Crippen molar-refractivity contribution in [1.82, 2.24) is 0 Å². The van der Waals surface area contributed by atoms with E-state index in [2.05, 4.69) is 23.6 Å². The maximum Gasteiger partial charge on any atom is 0.0717 e. The summed E-state index contributed by atoms with van der Waals surface area (Å²) in [7, 11) is 5.57. The van der Waals surface area contributed by atoms with Crippen LogP contribution >= 0.6 is 11.3 Å². The number of fused-ring (bicyclic) bond motifs is 1. The van der Waals surface area contributed by atoms with Crippen molar-refractivity contribution in [1.29, 1.82) is 0 Å². The number of hydrogen-bond acceptors (Lipinski definition) is 1. The Morgan fingerprint density at radius 2 is 2.09 bits per heavy atom. The first-order valence-corrected chi connectivity index (χ1v) is 4.45. The van der Waals surface area contributed by atoms with Crippen molar-refractivity contribution in [2.45, 2.75) is 6.32 Å². The van der Waals surface area contributed by atoms with Crippen LogP contribution in [0.4, 0.5) is 0 Å². The van der Waals surface area contributed by atoms with Crippen molar-refractivity contribution in [2.75, 3.05) is 0 Å². The van der Waals surface area contributed by atoms with Crippen molar-refractivity contribution in [3.05, 3.63) is 35.2 Å². The maximum absolute atomic E-state index is 5.57. The van der Waals surface area contributed by atoms with Gasteiger partial charge in [-0.25, -0.2) is 0 Å². The zero-order chi connectivity index (χ0) is 7.68. The van der Waals surface area contributed by atoms with Crippen LogP contribution in [0.1, 0.15) is 5.56 Å². The van der Waals surface area contributed by atoms with Gasteiger partial charge in [0.25, 0.3) is 0 Å². The molecular weight excluding hydrogens is 151 g/mol. The molecule has 0 aliphatic carbocycles. The van der Waals surface area contributed by atoms with Gasteiger partial charge < -0.3 is 0 Å². The Hall–Kier alpha value is -0.755. The zero-order valence-corrected chi connectivity index (χ0v) is 6.90. The van der Waals surface area contributed by atoms with Gasteiger partial charge in [0, 0.05) is 4.70 Å². The van der Waals surface area contributed by atoms with Crippen molar-refractivity contribution in [2.24, 2.45) is 0 Å². The Bertz CT molecular complexity index is 364. The summed E-state index contributed by atoms with van der Waals surface area (Å²) in [5.41, 5.74) is 1.26. The van der Waals surface area contributed by atoms with Gasteiger partial charge in [-0.05, 0) is 22.4 Å². The minimum absolute atomic E-state index is 0.643. The van der Waals surface area contributed by atoms with Crippen molar-refractivity contribution >= 4 is 29.3 Å². The van der Waals surface area contributed by atoms with Gasteiger partial charge in [0.1, 0.15) is 0 Å². The number of benzene rings is 1. The van der Waals surface area contributed by atoms with E-state index < -0.39 is 0 Å². The van der Waals surface area contributed by atoms with Crippen LogP contribution in [0.15, 0.2) is 29.6 Å². The summed E-state index contributed by atoms with van der Waals surface area (Å²) in [5.74, 6) is 0. The van der Waals surface area contributed by atoms with Gasteiger partial charge in [-0.15, -0.1) is 11.3 Å². The van der Waals surface area contributed by atoms with Crippen molar-refractivity contribution in [3.8, 4) is 0 Å². The lowest BCUT2D eigenvalue weighted by Crippen LogP contribution is -1.78. The van der Waals surface area contributed by atoms with Crippen molar-refractivity contribution < 1.29 is 0 Å². The standard InChI is InChI=1S/C9H7BS/c10-5-7-6-11-9-4-2-1-3-8(7)9/h1-4,6H,5H2. The van der Waals surface area contributed by atoms with Crippen LogP contribution in [0.5, 0.6) is 0 Å². The average molecular weight is 158 g/mol. The zero-order valence-electron chi connectivity index (χ0n) is 6.08. The predicted molar refractivity (Wildman–Crippen MR) is 51.3 cm³/mol. The normalized spacial score (nSPS) is 10.5. The maximum atomic E-state index is 5.57. The molecule has 0 aliphatic rings. The van der Waals surface area contributed by atoms with E-state index in [1.807, 2.05) is 6.07 Å². The molecule has 0 amide bonds. The van der Waals surface area contributed by atoms with E-state index in [1.165, 1.54) is 15.6 Å². The van der Waals surface area contributed by atoms with Gasteiger partial charge in [0.05, 0.1) is 7.85 Å². The molecule has 0 bridgehead atoms. The van der Waals surface area contributed by atoms with E-state index in [9.17, 15) is 0 Å². The summed E-state index contributed by atoms with van der Waals surface area (Å²) in [6, 6.07) is 8.35. The van der Waals surface area contributed by atoms with E-state index in [4.69, 9.17) is 7.85 Å². The first kappa shape index (κ1) is 6.92. The molecular formula is C9H7BS. The lowest BCUT2D eigenvalue weighted by Gasteiger charge is -1.91. The molecule has 0 N–H and O–H groups in total. The minimum atomic E-state index is 0.643. The molecule has 2 rings (SSSR count). The Balaban J connectivity index is 2.76. The molecule has 0 fully saturated rings. The highest BCUT2D eigenvalue weighted by molar-refractivity contribution is 7.17. The first-order chi connectivity index (χ1) is 5.42. The molecule has 2 aromatic rings. The molecule has 1 aromatic carbocycles. The van der Waals surface area contributed by atoms with E-state index in [1.54, 1.807) is 11.3 Å². The second-order valence-corrected chi connectivity index (χ2v) is 3.37. The van der Waals surface area contributed by atoms with Crippen LogP contribution in [0.25, 0.3) is 10.1 Å². The molecule has 0 saturated carbocycles. The Labute approximate surface area is 71.3 Å². The Morgan fingerprint density at radius 1 is 1.27 bits per heavy atom. The lowest BCUT2D eigenvalue weighted by molar-refractivity contribution is 1.49. The predicted octanol–water partition coefficient (Wildman–Crippen LogP) is 2.57. The fourth-order valence-corrected chi connectivity index (χ4v) is 2.17. The highest BCUT2D eigenvalue weighted by Gasteiger charge is 1.98. The van der Waals surface area contributed by atoms with E-state index in [0.717, 1.165) is 0 Å². The second-order valence-electron chi connectivity index (χ2n) is 2.46. The Kier molecular flexibility index (Phi) is 1.70. The fraction of sp³-hybridized carbons (Fsp3) is 0.111. The van der Waals surface area contributed by atoms with Gasteiger partial charge in [-0.1, -0.05) is 24.5 Å². The highest BCUT2D eigenvalue weighted by atomic mass is 32.1. The second kappa shape index (κ2) is 2.70. The van der Waals surface area contributed by atoms with Crippen molar-refractivity contribution in [3.63, 3.8) is 0 Å². The molecule has 0 spiro atoms. The minimum Gasteiger partial charge on any atom is -0.144 e. The third-order valence-corrected chi connectivity index (χ3v) is 2.79. The summed E-state index contributed by atoms with van der Waals surface area (Å²) in [6.07, 6.45) is 0.643. The fourth-order valence-electron chi connectivity index (χ4n) is 1.19. The number of thiophene rings is 1. The molecule has 2 heteroatoms. The lowest BCUT2D eigenvalue weighted by atomic mass is 9.97. The first-order valence-electron chi connectivity index (χ1n) is 3.57. The molecule has 1 heterocycles. The third-order valence-electron chi connectivity index (χ3n) is 1.78. The highest BCUT2D eigenvalue weighted by Crippen LogP contribution is 2.24. The van der Waals surface area contributed by atoms with Gasteiger partial charge in [-0.2, -0.15) is 0 Å². The van der Waals surface area contributed by atoms with Gasteiger partial charge in [0.2, 0.25) is 0 Å². The summed E-state index contributed by atoms with van der Waals surface area (Å²) < 4.78 is 1.33. The molecule has 0 atom stereocenters.